The number of aromatic nitrogens is 5. The summed E-state index contributed by atoms with van der Waals surface area (Å²) in [7, 11) is -4.48. The number of halogens is 4. The first-order valence-electron chi connectivity index (χ1n) is 15.6. The van der Waals surface area contributed by atoms with Gasteiger partial charge in [0.05, 0.1) is 21.8 Å². The quantitative estimate of drug-likeness (QED) is 0.183. The van der Waals surface area contributed by atoms with Crippen LogP contribution in [0.4, 0.5) is 28.3 Å². The lowest BCUT2D eigenvalue weighted by molar-refractivity contribution is -0.137. The molecule has 5 heterocycles. The van der Waals surface area contributed by atoms with Gasteiger partial charge in [0.1, 0.15) is 28.4 Å². The highest BCUT2D eigenvalue weighted by Crippen LogP contribution is 2.41. The minimum absolute atomic E-state index is 0.170. The lowest BCUT2D eigenvalue weighted by atomic mass is 10.0. The van der Waals surface area contributed by atoms with Crippen LogP contribution in [0.1, 0.15) is 50.6 Å². The number of aryl methyl sites for hydroxylation is 2. The Morgan fingerprint density at radius 3 is 2.44 bits per heavy atom. The zero-order chi connectivity index (χ0) is 36.2. The van der Waals surface area contributed by atoms with Crippen LogP contribution in [0, 0.1) is 19.7 Å². The van der Waals surface area contributed by atoms with Crippen LogP contribution in [0.2, 0.25) is 0 Å². The van der Waals surface area contributed by atoms with Crippen LogP contribution in [-0.4, -0.2) is 68.2 Å². The van der Waals surface area contributed by atoms with Gasteiger partial charge in [-0.2, -0.15) is 13.2 Å². The fourth-order valence-corrected chi connectivity index (χ4v) is 7.14. The monoisotopic (exact) mass is 715 g/mol. The number of likely N-dealkylation sites (tertiary alicyclic amines) is 1. The molecular weight excluding hydrogens is 682 g/mol. The minimum atomic E-state index is -4.98. The van der Waals surface area contributed by atoms with Gasteiger partial charge in [0.15, 0.2) is 5.65 Å². The van der Waals surface area contributed by atoms with E-state index in [4.69, 9.17) is 9.26 Å². The number of hydrogen-bond acceptors (Lipinski definition) is 10. The van der Waals surface area contributed by atoms with Crippen LogP contribution in [-0.2, 0) is 20.9 Å². The van der Waals surface area contributed by atoms with Crippen LogP contribution in [0.3, 0.4) is 0 Å². The molecule has 0 unspecified atom stereocenters. The Bertz CT molecular complexity index is 2180. The molecule has 1 aliphatic heterocycles. The maximum atomic E-state index is 15.9. The second-order valence-electron chi connectivity index (χ2n) is 12.9. The highest BCUT2D eigenvalue weighted by atomic mass is 32.2. The van der Waals surface area contributed by atoms with E-state index in [1.54, 1.807) is 33.8 Å². The molecule has 50 heavy (non-hydrogen) atoms. The summed E-state index contributed by atoms with van der Waals surface area (Å²) in [5, 5.41) is 6.59. The molecule has 1 saturated heterocycles. The Morgan fingerprint density at radius 1 is 1.08 bits per heavy atom. The second kappa shape index (κ2) is 12.7. The van der Waals surface area contributed by atoms with Crippen LogP contribution in [0.25, 0.3) is 33.5 Å². The summed E-state index contributed by atoms with van der Waals surface area (Å²) in [6.45, 7) is 8.89. The summed E-state index contributed by atoms with van der Waals surface area (Å²) in [5.74, 6) is -0.957. The topological polar surface area (TPSA) is 145 Å². The molecule has 17 heteroatoms. The number of nitrogens with one attached hydrogen (secondary N) is 1. The maximum Gasteiger partial charge on any atom is 0.419 e. The molecule has 1 aromatic carbocycles. The van der Waals surface area contributed by atoms with Crippen molar-refractivity contribution in [3.63, 3.8) is 0 Å². The van der Waals surface area contributed by atoms with Crippen molar-refractivity contribution in [2.45, 2.75) is 70.2 Å². The van der Waals surface area contributed by atoms with Gasteiger partial charge in [0, 0.05) is 42.5 Å². The van der Waals surface area contributed by atoms with Crippen molar-refractivity contribution in [1.29, 1.82) is 0 Å². The number of alkyl halides is 3. The summed E-state index contributed by atoms with van der Waals surface area (Å²) < 4.78 is 98.8. The molecule has 5 aromatic rings. The van der Waals surface area contributed by atoms with Crippen molar-refractivity contribution < 1.29 is 40.0 Å². The molecule has 1 N–H and O–H groups in total. The third-order valence-corrected chi connectivity index (χ3v) is 9.69. The van der Waals surface area contributed by atoms with Gasteiger partial charge in [-0.3, -0.25) is 0 Å². The van der Waals surface area contributed by atoms with E-state index in [1.165, 1.54) is 36.1 Å². The maximum absolute atomic E-state index is 15.9. The van der Waals surface area contributed by atoms with Gasteiger partial charge < -0.3 is 19.5 Å². The second-order valence-corrected chi connectivity index (χ2v) is 14.7. The zero-order valence-corrected chi connectivity index (χ0v) is 28.5. The van der Waals surface area contributed by atoms with Crippen molar-refractivity contribution >= 4 is 33.1 Å². The van der Waals surface area contributed by atoms with Crippen molar-refractivity contribution in [3.8, 4) is 22.5 Å². The smallest absolute Gasteiger partial charge is 0.419 e. The summed E-state index contributed by atoms with van der Waals surface area (Å²) in [6.07, 6.45) is -2.86. The number of carbonyl (C=O) groups excluding carboxylic acids is 1. The van der Waals surface area contributed by atoms with E-state index in [1.807, 2.05) is 0 Å². The largest absolute Gasteiger partial charge is 0.444 e. The Morgan fingerprint density at radius 2 is 1.80 bits per heavy atom. The van der Waals surface area contributed by atoms with E-state index in [0.29, 0.717) is 29.6 Å². The van der Waals surface area contributed by atoms with Gasteiger partial charge in [-0.05, 0) is 65.7 Å². The number of ether oxygens (including phenoxy) is 1. The number of hydrogen-bond donors (Lipinski definition) is 1. The molecule has 0 radical (unpaired) electrons. The first-order chi connectivity index (χ1) is 23.4. The normalized spacial score (nSPS) is 15.8. The van der Waals surface area contributed by atoms with Crippen molar-refractivity contribution in [3.05, 3.63) is 71.6 Å². The average Bonchev–Trinajstić information content (AvgIpc) is 3.58. The Hall–Kier alpha value is -5.06. The first kappa shape index (κ1) is 34.8. The molecule has 4 aromatic heterocycles. The summed E-state index contributed by atoms with van der Waals surface area (Å²) >= 11 is 0. The van der Waals surface area contributed by atoms with Crippen molar-refractivity contribution in [1.82, 2.24) is 29.0 Å². The SMILES string of the molecule is Cc1noc(C)c1-c1nc2c(cc1F)c(-c1nc(N[C@H]3CCCN(C(=O)OC(C)(C)C)C3)ncc1C(F)(F)F)cn2S(=O)(=O)c1ccccc1. The molecule has 0 bridgehead atoms. The molecule has 12 nitrogen and oxygen atoms in total. The molecule has 1 fully saturated rings. The van der Waals surface area contributed by atoms with Gasteiger partial charge in [-0.1, -0.05) is 23.4 Å². The number of anilines is 1. The van der Waals surface area contributed by atoms with E-state index in [-0.39, 0.29) is 56.7 Å². The minimum Gasteiger partial charge on any atom is -0.444 e. The molecule has 0 aliphatic carbocycles. The van der Waals surface area contributed by atoms with E-state index < -0.39 is 51.0 Å². The molecule has 0 saturated carbocycles. The number of nitrogens with zero attached hydrogens (tertiary/aromatic N) is 6. The lowest BCUT2D eigenvalue weighted by Gasteiger charge is -2.34. The average molecular weight is 716 g/mol. The fourth-order valence-electron chi connectivity index (χ4n) is 5.80. The van der Waals surface area contributed by atoms with E-state index >= 15 is 4.39 Å². The van der Waals surface area contributed by atoms with Gasteiger partial charge in [0.2, 0.25) is 5.95 Å². The Kier molecular flexibility index (Phi) is 8.82. The first-order valence-corrected chi connectivity index (χ1v) is 17.0. The number of piperidine rings is 1. The Labute approximate surface area is 284 Å². The lowest BCUT2D eigenvalue weighted by Crippen LogP contribution is -2.47. The van der Waals surface area contributed by atoms with Gasteiger partial charge in [-0.25, -0.2) is 36.5 Å². The number of pyridine rings is 1. The number of amides is 1. The van der Waals surface area contributed by atoms with Gasteiger partial charge >= 0.3 is 12.3 Å². The summed E-state index contributed by atoms with van der Waals surface area (Å²) in [4.78, 5) is 26.5. The fraction of sp³-hybridized carbons (Fsp3) is 0.364. The number of benzene rings is 1. The standard InChI is InChI=1S/C33H33F4N7O5S/c1-18-26(19(2)49-42-18)28-25(34)14-22-23(17-44(29(22)40-28)50(46,47)21-11-7-6-8-12-21)27-24(33(35,36)37)15-38-30(41-27)39-20-10-9-13-43(16-20)31(45)48-32(3,4)5/h6-8,11-12,14-15,17,20H,9-10,13,16H2,1-5H3,(H,38,39,41)/t20-/m0/s1. The predicted molar refractivity (Wildman–Crippen MR) is 174 cm³/mol. The Balaban J connectivity index is 1.50. The van der Waals surface area contributed by atoms with Crippen molar-refractivity contribution in [2.75, 3.05) is 18.4 Å². The summed E-state index contributed by atoms with van der Waals surface area (Å²) in [5.41, 5.74) is -3.25. The molecule has 6 rings (SSSR count). The highest BCUT2D eigenvalue weighted by Gasteiger charge is 2.38. The number of carbonyl (C=O) groups is 1. The van der Waals surface area contributed by atoms with E-state index in [0.717, 1.165) is 12.3 Å². The molecule has 1 amide bonds. The summed E-state index contributed by atoms with van der Waals surface area (Å²) in [6, 6.07) is 7.69. The van der Waals surface area contributed by atoms with Crippen LogP contribution >= 0.6 is 0 Å². The van der Waals surface area contributed by atoms with Crippen LogP contribution in [0.15, 0.2) is 58.2 Å². The van der Waals surface area contributed by atoms with Gasteiger partial charge in [0.25, 0.3) is 10.0 Å². The molecule has 1 aliphatic rings. The van der Waals surface area contributed by atoms with E-state index in [2.05, 4.69) is 25.4 Å². The molecule has 1 atom stereocenters. The van der Waals surface area contributed by atoms with Crippen molar-refractivity contribution in [2.24, 2.45) is 0 Å². The third-order valence-electron chi connectivity index (χ3n) is 8.03. The van der Waals surface area contributed by atoms with E-state index in [9.17, 15) is 26.4 Å². The molecule has 264 valence electrons. The van der Waals surface area contributed by atoms with Crippen LogP contribution in [0.5, 0.6) is 0 Å². The number of rotatable bonds is 6. The third kappa shape index (κ3) is 6.73. The number of fused-ring (bicyclic) bond motifs is 1. The molecular formula is C33H33F4N7O5S. The highest BCUT2D eigenvalue weighted by molar-refractivity contribution is 7.90. The van der Waals surface area contributed by atoms with Gasteiger partial charge in [-0.15, -0.1) is 0 Å². The predicted octanol–water partition coefficient (Wildman–Crippen LogP) is 6.97. The van der Waals surface area contributed by atoms with Crippen LogP contribution < -0.4 is 5.32 Å². The zero-order valence-electron chi connectivity index (χ0n) is 27.7. The molecule has 0 spiro atoms.